The Bertz CT molecular complexity index is 1240. The van der Waals surface area contributed by atoms with Crippen LogP contribution in [-0.4, -0.2) is 21.6 Å². The molecule has 0 radical (unpaired) electrons. The van der Waals surface area contributed by atoms with E-state index in [-0.39, 0.29) is 17.5 Å². The smallest absolute Gasteiger partial charge is 0.234 e. The summed E-state index contributed by atoms with van der Waals surface area (Å²) >= 11 is 1.38. The summed E-state index contributed by atoms with van der Waals surface area (Å²) in [5.41, 5.74) is 4.57. The second-order valence-corrected chi connectivity index (χ2v) is 8.23. The number of benzene rings is 3. The molecule has 4 aromatic rings. The quantitative estimate of drug-likeness (QED) is 0.299. The molecule has 4 rings (SSSR count). The fraction of sp³-hybridized carbons (Fsp3) is 0.160. The second kappa shape index (κ2) is 9.27. The fourth-order valence-electron chi connectivity index (χ4n) is 3.26. The summed E-state index contributed by atoms with van der Waals surface area (Å²) in [6.45, 7) is 4.08. The minimum Gasteiger partial charge on any atom is -0.325 e. The second-order valence-electron chi connectivity index (χ2n) is 7.27. The van der Waals surface area contributed by atoms with Crippen LogP contribution >= 0.6 is 11.8 Å². The van der Waals surface area contributed by atoms with Crippen molar-refractivity contribution >= 4 is 34.3 Å². The normalized spacial score (nSPS) is 10.9. The first kappa shape index (κ1) is 21.0. The van der Waals surface area contributed by atoms with E-state index in [1.807, 2.05) is 43.3 Å². The summed E-state index contributed by atoms with van der Waals surface area (Å²) in [5, 5.41) is 4.58. The maximum absolute atomic E-state index is 13.3. The van der Waals surface area contributed by atoms with Gasteiger partial charge in [-0.05, 0) is 73.0 Å². The molecule has 156 valence electrons. The summed E-state index contributed by atoms with van der Waals surface area (Å²) in [4.78, 5) is 21.9. The van der Waals surface area contributed by atoms with E-state index in [1.54, 1.807) is 12.1 Å². The highest BCUT2D eigenvalue weighted by atomic mass is 32.2. The third kappa shape index (κ3) is 5.09. The SMILES string of the molecule is CCc1ccc2nc(-c3ccc(F)cc3)nc(SCC(=O)Nc3cccc(C)c3)c2c1. The van der Waals surface area contributed by atoms with E-state index in [4.69, 9.17) is 4.98 Å². The molecule has 0 aliphatic heterocycles. The molecule has 6 heteroatoms. The summed E-state index contributed by atoms with van der Waals surface area (Å²) in [6.07, 6.45) is 0.896. The minimum absolute atomic E-state index is 0.0997. The zero-order valence-electron chi connectivity index (χ0n) is 17.4. The van der Waals surface area contributed by atoms with E-state index in [0.29, 0.717) is 5.82 Å². The highest BCUT2D eigenvalue weighted by molar-refractivity contribution is 8.00. The molecule has 1 heterocycles. The summed E-state index contributed by atoms with van der Waals surface area (Å²) in [6, 6.07) is 19.9. The monoisotopic (exact) mass is 431 g/mol. The largest absolute Gasteiger partial charge is 0.325 e. The van der Waals surface area contributed by atoms with Crippen LogP contribution in [-0.2, 0) is 11.2 Å². The van der Waals surface area contributed by atoms with Gasteiger partial charge in [0.05, 0.1) is 11.3 Å². The van der Waals surface area contributed by atoms with Crippen molar-refractivity contribution in [2.75, 3.05) is 11.1 Å². The number of carbonyl (C=O) groups is 1. The topological polar surface area (TPSA) is 54.9 Å². The maximum Gasteiger partial charge on any atom is 0.234 e. The number of anilines is 1. The molecule has 31 heavy (non-hydrogen) atoms. The molecule has 0 unspecified atom stereocenters. The van der Waals surface area contributed by atoms with Crippen molar-refractivity contribution in [1.82, 2.24) is 9.97 Å². The summed E-state index contributed by atoms with van der Waals surface area (Å²) in [5.74, 6) is 0.328. The van der Waals surface area contributed by atoms with Gasteiger partial charge >= 0.3 is 0 Å². The first-order valence-corrected chi connectivity index (χ1v) is 11.1. The Morgan fingerprint density at radius 1 is 1.03 bits per heavy atom. The van der Waals surface area contributed by atoms with E-state index < -0.39 is 0 Å². The zero-order valence-corrected chi connectivity index (χ0v) is 18.2. The number of rotatable bonds is 6. The van der Waals surface area contributed by atoms with Crippen LogP contribution in [0.4, 0.5) is 10.1 Å². The van der Waals surface area contributed by atoms with Crippen molar-refractivity contribution in [1.29, 1.82) is 0 Å². The van der Waals surface area contributed by atoms with Crippen molar-refractivity contribution in [3.05, 3.63) is 83.7 Å². The molecule has 0 saturated heterocycles. The Hall–Kier alpha value is -3.25. The molecular weight excluding hydrogens is 409 g/mol. The third-order valence-electron chi connectivity index (χ3n) is 4.88. The number of hydrogen-bond donors (Lipinski definition) is 1. The number of halogens is 1. The number of nitrogens with zero attached hydrogens (tertiary/aromatic N) is 2. The number of aromatic nitrogens is 2. The van der Waals surface area contributed by atoms with Gasteiger partial charge in [0.2, 0.25) is 5.91 Å². The molecule has 0 saturated carbocycles. The van der Waals surface area contributed by atoms with Gasteiger partial charge in [0.25, 0.3) is 0 Å². The van der Waals surface area contributed by atoms with Gasteiger partial charge in [-0.1, -0.05) is 36.9 Å². The average Bonchev–Trinajstić information content (AvgIpc) is 2.77. The highest BCUT2D eigenvalue weighted by Crippen LogP contribution is 2.29. The van der Waals surface area contributed by atoms with Crippen LogP contribution in [0.15, 0.2) is 71.8 Å². The molecule has 0 spiro atoms. The Kier molecular flexibility index (Phi) is 6.28. The fourth-order valence-corrected chi connectivity index (χ4v) is 4.07. The Balaban J connectivity index is 1.63. The Morgan fingerprint density at radius 3 is 2.58 bits per heavy atom. The van der Waals surface area contributed by atoms with Gasteiger partial charge in [0.1, 0.15) is 10.8 Å². The number of carbonyl (C=O) groups excluding carboxylic acids is 1. The molecule has 1 amide bonds. The molecule has 0 bridgehead atoms. The van der Waals surface area contributed by atoms with Gasteiger partial charge in [0, 0.05) is 16.6 Å². The van der Waals surface area contributed by atoms with E-state index >= 15 is 0 Å². The number of hydrogen-bond acceptors (Lipinski definition) is 4. The predicted molar refractivity (Wildman–Crippen MR) is 125 cm³/mol. The number of fused-ring (bicyclic) bond motifs is 1. The zero-order chi connectivity index (χ0) is 21.8. The van der Waals surface area contributed by atoms with Gasteiger partial charge in [-0.2, -0.15) is 0 Å². The molecule has 0 aliphatic rings. The summed E-state index contributed by atoms with van der Waals surface area (Å²) < 4.78 is 13.3. The van der Waals surface area contributed by atoms with Crippen molar-refractivity contribution < 1.29 is 9.18 Å². The Morgan fingerprint density at radius 2 is 1.84 bits per heavy atom. The van der Waals surface area contributed by atoms with Crippen molar-refractivity contribution in [3.63, 3.8) is 0 Å². The molecule has 0 atom stereocenters. The van der Waals surface area contributed by atoms with Crippen molar-refractivity contribution in [3.8, 4) is 11.4 Å². The lowest BCUT2D eigenvalue weighted by atomic mass is 10.1. The number of aryl methyl sites for hydroxylation is 2. The van der Waals surface area contributed by atoms with E-state index in [0.717, 1.165) is 39.2 Å². The van der Waals surface area contributed by atoms with E-state index in [9.17, 15) is 9.18 Å². The van der Waals surface area contributed by atoms with Gasteiger partial charge in [-0.15, -0.1) is 0 Å². The van der Waals surface area contributed by atoms with Crippen LogP contribution in [0.5, 0.6) is 0 Å². The van der Waals surface area contributed by atoms with Crippen LogP contribution in [0.3, 0.4) is 0 Å². The van der Waals surface area contributed by atoms with Crippen LogP contribution in [0.1, 0.15) is 18.1 Å². The number of amides is 1. The van der Waals surface area contributed by atoms with Crippen LogP contribution in [0.25, 0.3) is 22.3 Å². The summed E-state index contributed by atoms with van der Waals surface area (Å²) in [7, 11) is 0. The van der Waals surface area contributed by atoms with Gasteiger partial charge in [0.15, 0.2) is 5.82 Å². The first-order valence-electron chi connectivity index (χ1n) is 10.1. The number of thioether (sulfide) groups is 1. The lowest BCUT2D eigenvalue weighted by Gasteiger charge is -2.10. The standard InChI is InChI=1S/C25H22FN3OS/c1-3-17-7-12-22-21(14-17)25(29-24(28-22)18-8-10-19(26)11-9-18)31-15-23(30)27-20-6-4-5-16(2)13-20/h4-14H,3,15H2,1-2H3,(H,27,30). The molecule has 1 aromatic heterocycles. The molecular formula is C25H22FN3OS. The lowest BCUT2D eigenvalue weighted by molar-refractivity contribution is -0.113. The van der Waals surface area contributed by atoms with Crippen molar-refractivity contribution in [2.24, 2.45) is 0 Å². The molecule has 3 aromatic carbocycles. The first-order chi connectivity index (χ1) is 15.0. The van der Waals surface area contributed by atoms with Gasteiger partial charge in [-0.3, -0.25) is 4.79 Å². The minimum atomic E-state index is -0.306. The Labute approximate surface area is 184 Å². The lowest BCUT2D eigenvalue weighted by Crippen LogP contribution is -2.14. The average molecular weight is 432 g/mol. The van der Waals surface area contributed by atoms with Gasteiger partial charge < -0.3 is 5.32 Å². The van der Waals surface area contributed by atoms with Crippen molar-refractivity contribution in [2.45, 2.75) is 25.3 Å². The third-order valence-corrected chi connectivity index (χ3v) is 5.87. The maximum atomic E-state index is 13.3. The van der Waals surface area contributed by atoms with Gasteiger partial charge in [-0.25, -0.2) is 14.4 Å². The predicted octanol–water partition coefficient (Wildman–Crippen LogP) is 6.04. The van der Waals surface area contributed by atoms with Crippen LogP contribution in [0, 0.1) is 12.7 Å². The van der Waals surface area contributed by atoms with E-state index in [2.05, 4.69) is 23.3 Å². The van der Waals surface area contributed by atoms with Crippen LogP contribution in [0.2, 0.25) is 0 Å². The molecule has 0 fully saturated rings. The van der Waals surface area contributed by atoms with E-state index in [1.165, 1.54) is 29.5 Å². The molecule has 0 aliphatic carbocycles. The number of nitrogens with one attached hydrogen (secondary N) is 1. The van der Waals surface area contributed by atoms with Crippen LogP contribution < -0.4 is 5.32 Å². The molecule has 1 N–H and O–H groups in total. The highest BCUT2D eigenvalue weighted by Gasteiger charge is 2.13. The molecule has 4 nitrogen and oxygen atoms in total.